The molecule has 1 aromatic heterocycles. The van der Waals surface area contributed by atoms with Crippen LogP contribution < -0.4 is 16.2 Å². The molecule has 138 valence electrons. The monoisotopic (exact) mass is 367 g/mol. The van der Waals surface area contributed by atoms with Crippen LogP contribution in [0.1, 0.15) is 15.9 Å². The lowest BCUT2D eigenvalue weighted by molar-refractivity contribution is -0.122. The van der Waals surface area contributed by atoms with E-state index in [4.69, 9.17) is 0 Å². The fourth-order valence-corrected chi connectivity index (χ4v) is 2.08. The lowest BCUT2D eigenvalue weighted by Gasteiger charge is -2.09. The molecule has 0 aliphatic heterocycles. The molecule has 0 saturated carbocycles. The molecule has 0 aliphatic rings. The Bertz CT molecular complexity index is 835. The molecule has 0 atom stereocenters. The van der Waals surface area contributed by atoms with Gasteiger partial charge in [0.05, 0.1) is 12.1 Å². The number of rotatable bonds is 7. The average Bonchev–Trinajstić information content (AvgIpc) is 2.61. The molecule has 1 heterocycles. The predicted molar refractivity (Wildman–Crippen MR) is 87.3 cm³/mol. The number of aromatic nitrogens is 1. The van der Waals surface area contributed by atoms with Crippen LogP contribution in [-0.2, 0) is 17.9 Å². The van der Waals surface area contributed by atoms with Crippen molar-refractivity contribution in [1.29, 1.82) is 0 Å². The van der Waals surface area contributed by atoms with Gasteiger partial charge >= 0.3 is 0 Å². The van der Waals surface area contributed by atoms with Crippen LogP contribution in [0.5, 0.6) is 0 Å². The molecular formula is C17H16F3N3O3. The number of alkyl halides is 2. The first-order chi connectivity index (χ1) is 12.3. The lowest BCUT2D eigenvalue weighted by Crippen LogP contribution is -2.35. The van der Waals surface area contributed by atoms with E-state index in [1.807, 2.05) is 5.32 Å². The van der Waals surface area contributed by atoms with E-state index in [1.54, 1.807) is 0 Å². The molecule has 9 heteroatoms. The van der Waals surface area contributed by atoms with Gasteiger partial charge in [0.25, 0.3) is 17.9 Å². The number of halogens is 3. The van der Waals surface area contributed by atoms with Gasteiger partial charge in [-0.15, -0.1) is 0 Å². The largest absolute Gasteiger partial charge is 0.349 e. The van der Waals surface area contributed by atoms with Gasteiger partial charge in [-0.1, -0.05) is 12.1 Å². The van der Waals surface area contributed by atoms with E-state index in [2.05, 4.69) is 5.32 Å². The minimum absolute atomic E-state index is 0.119. The first kappa shape index (κ1) is 19.2. The Balaban J connectivity index is 2.00. The lowest BCUT2D eigenvalue weighted by atomic mass is 10.2. The molecule has 2 amide bonds. The first-order valence-corrected chi connectivity index (χ1v) is 7.63. The molecule has 0 saturated heterocycles. The molecule has 2 rings (SSSR count). The molecule has 0 fully saturated rings. The molecule has 26 heavy (non-hydrogen) atoms. The zero-order valence-corrected chi connectivity index (χ0v) is 13.5. The number of amides is 2. The molecule has 0 aliphatic carbocycles. The van der Waals surface area contributed by atoms with Crippen molar-refractivity contribution >= 4 is 11.8 Å². The van der Waals surface area contributed by atoms with Crippen LogP contribution in [0.4, 0.5) is 13.2 Å². The number of hydrogen-bond acceptors (Lipinski definition) is 3. The second-order valence-electron chi connectivity index (χ2n) is 5.39. The number of benzene rings is 1. The van der Waals surface area contributed by atoms with Gasteiger partial charge in [0.1, 0.15) is 12.4 Å². The second-order valence-corrected chi connectivity index (χ2v) is 5.39. The summed E-state index contributed by atoms with van der Waals surface area (Å²) < 4.78 is 37.9. The van der Waals surface area contributed by atoms with Crippen LogP contribution in [-0.4, -0.2) is 29.4 Å². The van der Waals surface area contributed by atoms with Crippen molar-refractivity contribution in [3.05, 3.63) is 69.9 Å². The van der Waals surface area contributed by atoms with Gasteiger partial charge < -0.3 is 15.2 Å². The van der Waals surface area contributed by atoms with Crippen LogP contribution in [0.2, 0.25) is 0 Å². The van der Waals surface area contributed by atoms with Gasteiger partial charge in [-0.05, 0) is 23.8 Å². The predicted octanol–water partition coefficient (Wildman–Crippen LogP) is 1.30. The molecule has 2 N–H and O–H groups in total. The highest BCUT2D eigenvalue weighted by Crippen LogP contribution is 2.03. The summed E-state index contributed by atoms with van der Waals surface area (Å²) in [6, 6.07) is 7.95. The van der Waals surface area contributed by atoms with Crippen molar-refractivity contribution in [2.75, 3.05) is 6.54 Å². The molecule has 2 aromatic rings. The minimum Gasteiger partial charge on any atom is -0.349 e. The minimum atomic E-state index is -2.70. The van der Waals surface area contributed by atoms with Gasteiger partial charge in [-0.2, -0.15) is 0 Å². The summed E-state index contributed by atoms with van der Waals surface area (Å²) in [6.45, 7) is -1.15. The number of nitrogens with one attached hydrogen (secondary N) is 2. The van der Waals surface area contributed by atoms with Gasteiger partial charge in [-0.25, -0.2) is 13.2 Å². The number of carbonyl (C=O) groups excluding carboxylic acids is 2. The van der Waals surface area contributed by atoms with Crippen molar-refractivity contribution in [1.82, 2.24) is 15.2 Å². The summed E-state index contributed by atoms with van der Waals surface area (Å²) in [7, 11) is 0. The van der Waals surface area contributed by atoms with Crippen LogP contribution in [0.15, 0.2) is 47.4 Å². The molecule has 0 spiro atoms. The Labute approximate surface area is 146 Å². The maximum Gasteiger partial charge on any atom is 0.255 e. The van der Waals surface area contributed by atoms with Gasteiger partial charge in [0, 0.05) is 18.8 Å². The first-order valence-electron chi connectivity index (χ1n) is 7.63. The Morgan fingerprint density at radius 3 is 2.38 bits per heavy atom. The van der Waals surface area contributed by atoms with Crippen molar-refractivity contribution in [2.45, 2.75) is 19.5 Å². The molecule has 0 unspecified atom stereocenters. The summed E-state index contributed by atoms with van der Waals surface area (Å²) in [6.07, 6.45) is -1.52. The Hall–Kier alpha value is -3.10. The summed E-state index contributed by atoms with van der Waals surface area (Å²) >= 11 is 0. The third-order valence-corrected chi connectivity index (χ3v) is 3.38. The number of carbonyl (C=O) groups is 2. The van der Waals surface area contributed by atoms with E-state index in [1.165, 1.54) is 36.5 Å². The zero-order valence-electron chi connectivity index (χ0n) is 13.5. The number of hydrogen-bond donors (Lipinski definition) is 2. The quantitative estimate of drug-likeness (QED) is 0.774. The summed E-state index contributed by atoms with van der Waals surface area (Å²) in [5.74, 6) is -1.66. The Kier molecular flexibility index (Phi) is 6.54. The smallest absolute Gasteiger partial charge is 0.255 e. The molecule has 0 radical (unpaired) electrons. The van der Waals surface area contributed by atoms with Gasteiger partial charge in [0.2, 0.25) is 5.91 Å². The van der Waals surface area contributed by atoms with Gasteiger partial charge in [0.15, 0.2) is 0 Å². The van der Waals surface area contributed by atoms with Crippen molar-refractivity contribution < 1.29 is 22.8 Å². The summed E-state index contributed by atoms with van der Waals surface area (Å²) in [5, 5.41) is 4.58. The summed E-state index contributed by atoms with van der Waals surface area (Å²) in [4.78, 5) is 35.4. The summed E-state index contributed by atoms with van der Waals surface area (Å²) in [5.41, 5.74) is 0.250. The standard InChI is InChI=1S/C17H16F3N3O3/c18-13-4-1-11(2-5-13)7-22-17(26)12-3-6-16(25)23(9-12)10-15(24)21-8-14(19)20/h1-6,9,14H,7-8,10H2,(H,21,24)(H,22,26). The molecule has 0 bridgehead atoms. The Morgan fingerprint density at radius 2 is 1.73 bits per heavy atom. The third kappa shape index (κ3) is 5.76. The van der Waals surface area contributed by atoms with Crippen molar-refractivity contribution in [2.24, 2.45) is 0 Å². The van der Waals surface area contributed by atoms with E-state index in [0.717, 1.165) is 10.6 Å². The van der Waals surface area contributed by atoms with E-state index < -0.39 is 42.7 Å². The Morgan fingerprint density at radius 1 is 1.04 bits per heavy atom. The molecular weight excluding hydrogens is 351 g/mol. The SMILES string of the molecule is O=C(Cn1cc(C(=O)NCc2ccc(F)cc2)ccc1=O)NCC(F)F. The van der Waals surface area contributed by atoms with E-state index in [0.29, 0.717) is 5.56 Å². The van der Waals surface area contributed by atoms with Crippen LogP contribution in [0.3, 0.4) is 0 Å². The molecule has 1 aromatic carbocycles. The molecule has 6 nitrogen and oxygen atoms in total. The topological polar surface area (TPSA) is 80.2 Å². The van der Waals surface area contributed by atoms with E-state index >= 15 is 0 Å². The van der Waals surface area contributed by atoms with Crippen LogP contribution in [0.25, 0.3) is 0 Å². The van der Waals surface area contributed by atoms with Crippen LogP contribution >= 0.6 is 0 Å². The van der Waals surface area contributed by atoms with Crippen molar-refractivity contribution in [3.8, 4) is 0 Å². The second kappa shape index (κ2) is 8.84. The fourth-order valence-electron chi connectivity index (χ4n) is 2.08. The normalized spacial score (nSPS) is 10.6. The maximum absolute atomic E-state index is 12.8. The zero-order chi connectivity index (χ0) is 19.1. The van der Waals surface area contributed by atoms with E-state index in [-0.39, 0.29) is 12.1 Å². The number of nitrogens with zero attached hydrogens (tertiary/aromatic N) is 1. The average molecular weight is 367 g/mol. The highest BCUT2D eigenvalue weighted by atomic mass is 19.3. The third-order valence-electron chi connectivity index (χ3n) is 3.38. The fraction of sp³-hybridized carbons (Fsp3) is 0.235. The van der Waals surface area contributed by atoms with Crippen LogP contribution in [0, 0.1) is 5.82 Å². The number of pyridine rings is 1. The highest BCUT2D eigenvalue weighted by Gasteiger charge is 2.11. The van der Waals surface area contributed by atoms with Gasteiger partial charge in [-0.3, -0.25) is 14.4 Å². The maximum atomic E-state index is 12.8. The highest BCUT2D eigenvalue weighted by molar-refractivity contribution is 5.93. The van der Waals surface area contributed by atoms with Crippen molar-refractivity contribution in [3.63, 3.8) is 0 Å². The van der Waals surface area contributed by atoms with E-state index in [9.17, 15) is 27.6 Å².